The first-order valence-corrected chi connectivity index (χ1v) is 9.69. The molecule has 0 aromatic heterocycles. The fraction of sp³-hybridized carbons (Fsp3) is 0.278. The van der Waals surface area contributed by atoms with Gasteiger partial charge in [-0.05, 0) is 54.8 Å². The molecule has 7 heteroatoms. The molecule has 1 heterocycles. The first-order valence-electron chi connectivity index (χ1n) is 8.08. The smallest absolute Gasteiger partial charge is 0.255 e. The number of nitrogens with zero attached hydrogens (tertiary/aromatic N) is 1. The van der Waals surface area contributed by atoms with Crippen LogP contribution < -0.4 is 5.32 Å². The molecule has 1 aliphatic heterocycles. The van der Waals surface area contributed by atoms with Gasteiger partial charge in [-0.3, -0.25) is 4.79 Å². The number of nitrogens with one attached hydrogen (secondary N) is 1. The van der Waals surface area contributed by atoms with Gasteiger partial charge in [0.15, 0.2) is 0 Å². The molecule has 2 aromatic carbocycles. The summed E-state index contributed by atoms with van der Waals surface area (Å²) >= 11 is 0. The first-order chi connectivity index (χ1) is 11.9. The molecule has 0 bridgehead atoms. The van der Waals surface area contributed by atoms with Gasteiger partial charge in [-0.1, -0.05) is 12.1 Å². The Morgan fingerprint density at radius 1 is 1.00 bits per heavy atom. The lowest BCUT2D eigenvalue weighted by Gasteiger charge is -2.15. The van der Waals surface area contributed by atoms with Gasteiger partial charge in [0.2, 0.25) is 10.0 Å². The largest absolute Gasteiger partial charge is 0.322 e. The van der Waals surface area contributed by atoms with Crippen LogP contribution in [-0.2, 0) is 15.8 Å². The Bertz CT molecular complexity index is 843. The van der Waals surface area contributed by atoms with Gasteiger partial charge in [0, 0.05) is 24.3 Å². The van der Waals surface area contributed by atoms with Crippen molar-refractivity contribution in [3.63, 3.8) is 0 Å². The van der Waals surface area contributed by atoms with Gasteiger partial charge in [0.25, 0.3) is 5.91 Å². The average Bonchev–Trinajstić information content (AvgIpc) is 3.13. The summed E-state index contributed by atoms with van der Waals surface area (Å²) in [6.07, 6.45) is 1.81. The number of hydrogen-bond donors (Lipinski definition) is 1. The highest BCUT2D eigenvalue weighted by atomic mass is 32.2. The molecule has 2 aromatic rings. The molecular weight excluding hydrogens is 343 g/mol. The predicted octanol–water partition coefficient (Wildman–Crippen LogP) is 3.00. The van der Waals surface area contributed by atoms with E-state index < -0.39 is 10.0 Å². The summed E-state index contributed by atoms with van der Waals surface area (Å²) in [6, 6.07) is 12.0. The van der Waals surface area contributed by atoms with Gasteiger partial charge in [-0.15, -0.1) is 0 Å². The molecule has 1 N–H and O–H groups in total. The van der Waals surface area contributed by atoms with Crippen LogP contribution in [0.5, 0.6) is 0 Å². The first kappa shape index (κ1) is 17.6. The van der Waals surface area contributed by atoms with E-state index in [9.17, 15) is 17.6 Å². The van der Waals surface area contributed by atoms with Crippen molar-refractivity contribution in [3.8, 4) is 0 Å². The van der Waals surface area contributed by atoms with Gasteiger partial charge in [-0.2, -0.15) is 0 Å². The molecule has 0 atom stereocenters. The van der Waals surface area contributed by atoms with Gasteiger partial charge in [0.05, 0.1) is 5.75 Å². The number of carbonyl (C=O) groups excluding carboxylic acids is 1. The van der Waals surface area contributed by atoms with Crippen LogP contribution in [0, 0.1) is 5.82 Å². The number of sulfonamides is 1. The van der Waals surface area contributed by atoms with Crippen molar-refractivity contribution in [2.75, 3.05) is 18.4 Å². The summed E-state index contributed by atoms with van der Waals surface area (Å²) in [5, 5.41) is 2.67. The molecule has 0 aliphatic carbocycles. The number of halogens is 1. The zero-order valence-corrected chi connectivity index (χ0v) is 14.4. The predicted molar refractivity (Wildman–Crippen MR) is 94.2 cm³/mol. The van der Waals surface area contributed by atoms with Crippen LogP contribution in [-0.4, -0.2) is 31.7 Å². The molecule has 1 saturated heterocycles. The van der Waals surface area contributed by atoms with Crippen molar-refractivity contribution in [1.29, 1.82) is 0 Å². The summed E-state index contributed by atoms with van der Waals surface area (Å²) in [5.41, 5.74) is 1.55. The maximum absolute atomic E-state index is 12.9. The molecule has 3 rings (SSSR count). The van der Waals surface area contributed by atoms with Crippen molar-refractivity contribution in [3.05, 3.63) is 65.5 Å². The minimum atomic E-state index is -3.30. The van der Waals surface area contributed by atoms with E-state index in [1.54, 1.807) is 24.3 Å². The lowest BCUT2D eigenvalue weighted by atomic mass is 10.1. The maximum atomic E-state index is 12.9. The molecule has 0 unspecified atom stereocenters. The van der Waals surface area contributed by atoms with Crippen molar-refractivity contribution in [1.82, 2.24) is 4.31 Å². The lowest BCUT2D eigenvalue weighted by Crippen LogP contribution is -2.29. The highest BCUT2D eigenvalue weighted by Gasteiger charge is 2.25. The highest BCUT2D eigenvalue weighted by Crippen LogP contribution is 2.18. The summed E-state index contributed by atoms with van der Waals surface area (Å²) in [7, 11) is -3.30. The second-order valence-corrected chi connectivity index (χ2v) is 7.99. The number of rotatable bonds is 5. The SMILES string of the molecule is O=C(Nc1ccc(F)cc1)c1ccc(CS(=O)(=O)N2CCCC2)cc1. The second-order valence-electron chi connectivity index (χ2n) is 6.02. The Hall–Kier alpha value is -2.25. The van der Waals surface area contributed by atoms with Gasteiger partial charge in [-0.25, -0.2) is 17.1 Å². The molecule has 1 amide bonds. The molecule has 0 saturated carbocycles. The van der Waals surface area contributed by atoms with Crippen LogP contribution in [0.3, 0.4) is 0 Å². The second kappa shape index (κ2) is 7.33. The minimum Gasteiger partial charge on any atom is -0.322 e. The Kier molecular flexibility index (Phi) is 5.15. The molecule has 25 heavy (non-hydrogen) atoms. The molecule has 5 nitrogen and oxygen atoms in total. The van der Waals surface area contributed by atoms with Crippen LogP contribution >= 0.6 is 0 Å². The Morgan fingerprint density at radius 3 is 2.20 bits per heavy atom. The number of carbonyl (C=O) groups is 1. The van der Waals surface area contributed by atoms with Crippen molar-refractivity contribution < 1.29 is 17.6 Å². The molecule has 0 spiro atoms. The van der Waals surface area contributed by atoms with E-state index >= 15 is 0 Å². The molecular formula is C18H19FN2O3S. The van der Waals surface area contributed by atoms with E-state index in [1.807, 2.05) is 0 Å². The maximum Gasteiger partial charge on any atom is 0.255 e. The van der Waals surface area contributed by atoms with E-state index in [2.05, 4.69) is 5.32 Å². The number of benzene rings is 2. The van der Waals surface area contributed by atoms with Crippen molar-refractivity contribution in [2.45, 2.75) is 18.6 Å². The highest BCUT2D eigenvalue weighted by molar-refractivity contribution is 7.88. The van der Waals surface area contributed by atoms with Crippen molar-refractivity contribution >= 4 is 21.6 Å². The van der Waals surface area contributed by atoms with Gasteiger partial charge in [0.1, 0.15) is 5.82 Å². The van der Waals surface area contributed by atoms with Gasteiger partial charge >= 0.3 is 0 Å². The third kappa shape index (κ3) is 4.43. The lowest BCUT2D eigenvalue weighted by molar-refractivity contribution is 0.102. The number of amides is 1. The average molecular weight is 362 g/mol. The van der Waals surface area contributed by atoms with E-state index in [4.69, 9.17) is 0 Å². The van der Waals surface area contributed by atoms with Crippen LogP contribution in [0.4, 0.5) is 10.1 Å². The van der Waals surface area contributed by atoms with E-state index in [0.717, 1.165) is 12.8 Å². The van der Waals surface area contributed by atoms with Crippen LogP contribution in [0.15, 0.2) is 48.5 Å². The van der Waals surface area contributed by atoms with Gasteiger partial charge < -0.3 is 5.32 Å². The van der Waals surface area contributed by atoms with Crippen LogP contribution in [0.25, 0.3) is 0 Å². The van der Waals surface area contributed by atoms with E-state index in [0.29, 0.717) is 29.9 Å². The molecule has 1 fully saturated rings. The third-order valence-electron chi connectivity index (χ3n) is 4.13. The standard InChI is InChI=1S/C18H19FN2O3S/c19-16-7-9-17(10-8-16)20-18(22)15-5-3-14(4-6-15)13-25(23,24)21-11-1-2-12-21/h3-10H,1-2,11-13H2,(H,20,22). The normalized spacial score (nSPS) is 15.2. The fourth-order valence-electron chi connectivity index (χ4n) is 2.76. The monoisotopic (exact) mass is 362 g/mol. The Labute approximate surface area is 146 Å². The fourth-order valence-corrected chi connectivity index (χ4v) is 4.37. The van der Waals surface area contributed by atoms with Crippen LogP contribution in [0.1, 0.15) is 28.8 Å². The van der Waals surface area contributed by atoms with Crippen LogP contribution in [0.2, 0.25) is 0 Å². The number of anilines is 1. The zero-order valence-electron chi connectivity index (χ0n) is 13.6. The Balaban J connectivity index is 1.65. The minimum absolute atomic E-state index is 0.0626. The summed E-state index contributed by atoms with van der Waals surface area (Å²) in [4.78, 5) is 12.2. The summed E-state index contributed by atoms with van der Waals surface area (Å²) < 4.78 is 39.0. The summed E-state index contributed by atoms with van der Waals surface area (Å²) in [5.74, 6) is -0.769. The molecule has 1 aliphatic rings. The quantitative estimate of drug-likeness (QED) is 0.889. The van der Waals surface area contributed by atoms with Crippen molar-refractivity contribution in [2.24, 2.45) is 0 Å². The molecule has 0 radical (unpaired) electrons. The Morgan fingerprint density at radius 2 is 1.60 bits per heavy atom. The molecule has 132 valence electrons. The third-order valence-corrected chi connectivity index (χ3v) is 5.98. The summed E-state index contributed by atoms with van der Waals surface area (Å²) in [6.45, 7) is 1.17. The topological polar surface area (TPSA) is 66.5 Å². The van der Waals surface area contributed by atoms with E-state index in [1.165, 1.54) is 28.6 Å². The number of hydrogen-bond acceptors (Lipinski definition) is 3. The van der Waals surface area contributed by atoms with E-state index in [-0.39, 0.29) is 17.5 Å². The zero-order chi connectivity index (χ0) is 17.9.